The number of aryl methyl sites for hydroxylation is 1. The number of nitrogens with one attached hydrogen (secondary N) is 1. The molecule has 8 heteroatoms. The van der Waals surface area contributed by atoms with Crippen molar-refractivity contribution in [1.82, 2.24) is 14.2 Å². The van der Waals surface area contributed by atoms with Crippen molar-refractivity contribution in [2.75, 3.05) is 13.1 Å². The number of amides is 1. The molecular formula is C23H26FN3O3S. The molecule has 0 unspecified atom stereocenters. The standard InChI is InChI=1S/C23H26FN3O3S/c1-2-26-12-10-18-14-21(8-9-22(18)26)31(29,30)27-11-4-6-19(16-27)23(28)25-15-17-5-3-7-20(24)13-17/h3,5,7-10,12-14,19H,2,4,6,11,15-16H2,1H3,(H,25,28)/t19-/m1/s1. The molecule has 31 heavy (non-hydrogen) atoms. The largest absolute Gasteiger partial charge is 0.352 e. The Morgan fingerprint density at radius 3 is 2.81 bits per heavy atom. The fourth-order valence-electron chi connectivity index (χ4n) is 4.12. The lowest BCUT2D eigenvalue weighted by Gasteiger charge is -2.31. The predicted octanol–water partition coefficient (Wildman–Crippen LogP) is 3.52. The smallest absolute Gasteiger partial charge is 0.243 e. The number of hydrogen-bond acceptors (Lipinski definition) is 3. The van der Waals surface area contributed by atoms with Crippen LogP contribution in [0.1, 0.15) is 25.3 Å². The maximum atomic E-state index is 13.3. The Kier molecular flexibility index (Phi) is 6.11. The molecule has 0 bridgehead atoms. The van der Waals surface area contributed by atoms with E-state index in [2.05, 4.69) is 9.88 Å². The Morgan fingerprint density at radius 1 is 1.19 bits per heavy atom. The van der Waals surface area contributed by atoms with Crippen LogP contribution in [0.4, 0.5) is 4.39 Å². The normalized spacial score (nSPS) is 17.7. The number of fused-ring (bicyclic) bond motifs is 1. The second-order valence-electron chi connectivity index (χ2n) is 7.87. The lowest BCUT2D eigenvalue weighted by atomic mass is 9.99. The van der Waals surface area contributed by atoms with Crippen LogP contribution in [0.2, 0.25) is 0 Å². The van der Waals surface area contributed by atoms with Gasteiger partial charge >= 0.3 is 0 Å². The third-order valence-electron chi connectivity index (χ3n) is 5.83. The lowest BCUT2D eigenvalue weighted by Crippen LogP contribution is -2.45. The summed E-state index contributed by atoms with van der Waals surface area (Å²) in [5.41, 5.74) is 1.66. The predicted molar refractivity (Wildman–Crippen MR) is 117 cm³/mol. The van der Waals surface area contributed by atoms with Crippen LogP contribution in [0.15, 0.2) is 59.6 Å². The number of benzene rings is 2. The fraction of sp³-hybridized carbons (Fsp3) is 0.348. The molecule has 6 nitrogen and oxygen atoms in total. The number of piperidine rings is 1. The van der Waals surface area contributed by atoms with E-state index >= 15 is 0 Å². The van der Waals surface area contributed by atoms with Crippen molar-refractivity contribution in [2.24, 2.45) is 5.92 Å². The van der Waals surface area contributed by atoms with Gasteiger partial charge in [0.1, 0.15) is 5.82 Å². The number of halogens is 1. The van der Waals surface area contributed by atoms with Gasteiger partial charge in [-0.2, -0.15) is 4.31 Å². The van der Waals surface area contributed by atoms with E-state index in [-0.39, 0.29) is 29.7 Å². The first-order chi connectivity index (χ1) is 14.9. The number of hydrogen-bond donors (Lipinski definition) is 1. The maximum absolute atomic E-state index is 13.3. The third-order valence-corrected chi connectivity index (χ3v) is 7.69. The molecule has 0 radical (unpaired) electrons. The minimum Gasteiger partial charge on any atom is -0.352 e. The molecule has 3 aromatic rings. The minimum absolute atomic E-state index is 0.144. The van der Waals surface area contributed by atoms with Crippen LogP contribution in [0.5, 0.6) is 0 Å². The molecule has 0 spiro atoms. The topological polar surface area (TPSA) is 71.4 Å². The first-order valence-electron chi connectivity index (χ1n) is 10.5. The third kappa shape index (κ3) is 4.50. The fourth-order valence-corrected chi connectivity index (χ4v) is 5.68. The Labute approximate surface area is 181 Å². The zero-order chi connectivity index (χ0) is 22.0. The van der Waals surface area contributed by atoms with Gasteiger partial charge in [-0.3, -0.25) is 4.79 Å². The second kappa shape index (κ2) is 8.80. The number of sulfonamides is 1. The minimum atomic E-state index is -3.70. The van der Waals surface area contributed by atoms with Crippen LogP contribution in [0.3, 0.4) is 0 Å². The quantitative estimate of drug-likeness (QED) is 0.634. The van der Waals surface area contributed by atoms with Crippen molar-refractivity contribution in [3.8, 4) is 0 Å². The summed E-state index contributed by atoms with van der Waals surface area (Å²) in [4.78, 5) is 12.9. The number of aromatic nitrogens is 1. The Bertz CT molecular complexity index is 1210. The van der Waals surface area contributed by atoms with E-state index in [1.807, 2.05) is 25.3 Å². The molecule has 1 aliphatic heterocycles. The highest BCUT2D eigenvalue weighted by Crippen LogP contribution is 2.27. The van der Waals surface area contributed by atoms with E-state index in [0.29, 0.717) is 24.9 Å². The van der Waals surface area contributed by atoms with E-state index in [1.54, 1.807) is 24.3 Å². The molecule has 1 aromatic heterocycles. The van der Waals surface area contributed by atoms with Gasteiger partial charge in [-0.15, -0.1) is 0 Å². The van der Waals surface area contributed by atoms with Crippen LogP contribution in [-0.4, -0.2) is 36.3 Å². The molecule has 4 rings (SSSR count). The summed E-state index contributed by atoms with van der Waals surface area (Å²) in [5, 5.41) is 3.69. The first-order valence-corrected chi connectivity index (χ1v) is 11.9. The van der Waals surface area contributed by atoms with Gasteiger partial charge in [0, 0.05) is 43.3 Å². The van der Waals surface area contributed by atoms with Gasteiger partial charge < -0.3 is 9.88 Å². The number of carbonyl (C=O) groups excluding carboxylic acids is 1. The molecule has 1 saturated heterocycles. The van der Waals surface area contributed by atoms with E-state index in [1.165, 1.54) is 16.4 Å². The highest BCUT2D eigenvalue weighted by molar-refractivity contribution is 7.89. The summed E-state index contributed by atoms with van der Waals surface area (Å²) in [6.45, 7) is 3.60. The summed E-state index contributed by atoms with van der Waals surface area (Å²) in [6.07, 6.45) is 3.19. The van der Waals surface area contributed by atoms with Gasteiger partial charge in [0.25, 0.3) is 0 Å². The number of carbonyl (C=O) groups is 1. The van der Waals surface area contributed by atoms with Crippen molar-refractivity contribution < 1.29 is 17.6 Å². The molecule has 2 heterocycles. The Hall–Kier alpha value is -2.71. The zero-order valence-electron chi connectivity index (χ0n) is 17.4. The highest BCUT2D eigenvalue weighted by Gasteiger charge is 2.33. The molecule has 1 N–H and O–H groups in total. The molecule has 1 atom stereocenters. The number of nitrogens with zero attached hydrogens (tertiary/aromatic N) is 2. The van der Waals surface area contributed by atoms with Crippen molar-refractivity contribution in [3.05, 3.63) is 66.1 Å². The SMILES string of the molecule is CCn1ccc2cc(S(=O)(=O)N3CCC[C@@H](C(=O)NCc4cccc(F)c4)C3)ccc21. The molecule has 1 aliphatic rings. The van der Waals surface area contributed by atoms with Gasteiger partial charge in [-0.05, 0) is 61.7 Å². The Morgan fingerprint density at radius 2 is 2.03 bits per heavy atom. The van der Waals surface area contributed by atoms with Crippen LogP contribution >= 0.6 is 0 Å². The number of rotatable bonds is 6. The lowest BCUT2D eigenvalue weighted by molar-refractivity contribution is -0.126. The van der Waals surface area contributed by atoms with Gasteiger partial charge in [-0.1, -0.05) is 12.1 Å². The van der Waals surface area contributed by atoms with Crippen LogP contribution in [0.25, 0.3) is 10.9 Å². The zero-order valence-corrected chi connectivity index (χ0v) is 18.2. The van der Waals surface area contributed by atoms with Gasteiger partial charge in [0.05, 0.1) is 10.8 Å². The van der Waals surface area contributed by atoms with Crippen LogP contribution < -0.4 is 5.32 Å². The maximum Gasteiger partial charge on any atom is 0.243 e. The van der Waals surface area contributed by atoms with Gasteiger partial charge in [0.2, 0.25) is 15.9 Å². The van der Waals surface area contributed by atoms with Crippen molar-refractivity contribution >= 4 is 26.8 Å². The molecule has 1 amide bonds. The molecular weight excluding hydrogens is 417 g/mol. The summed E-state index contributed by atoms with van der Waals surface area (Å²) >= 11 is 0. The van der Waals surface area contributed by atoms with Crippen LogP contribution in [0, 0.1) is 11.7 Å². The summed E-state index contributed by atoms with van der Waals surface area (Å²) in [6, 6.07) is 13.1. The van der Waals surface area contributed by atoms with Crippen molar-refractivity contribution in [3.63, 3.8) is 0 Å². The Balaban J connectivity index is 1.46. The van der Waals surface area contributed by atoms with Gasteiger partial charge in [-0.25, -0.2) is 12.8 Å². The van der Waals surface area contributed by atoms with E-state index < -0.39 is 15.9 Å². The van der Waals surface area contributed by atoms with E-state index in [0.717, 1.165) is 17.4 Å². The summed E-state index contributed by atoms with van der Waals surface area (Å²) in [7, 11) is -3.70. The molecule has 164 valence electrons. The molecule has 0 saturated carbocycles. The summed E-state index contributed by atoms with van der Waals surface area (Å²) < 4.78 is 43.3. The molecule has 0 aliphatic carbocycles. The van der Waals surface area contributed by atoms with Gasteiger partial charge in [0.15, 0.2) is 0 Å². The average Bonchev–Trinajstić information content (AvgIpc) is 3.20. The van der Waals surface area contributed by atoms with Crippen LogP contribution in [-0.2, 0) is 27.9 Å². The average molecular weight is 444 g/mol. The van der Waals surface area contributed by atoms with Crippen molar-refractivity contribution in [1.29, 1.82) is 0 Å². The van der Waals surface area contributed by atoms with Crippen molar-refractivity contribution in [2.45, 2.75) is 37.8 Å². The molecule has 1 fully saturated rings. The summed E-state index contributed by atoms with van der Waals surface area (Å²) in [5.74, 6) is -0.991. The second-order valence-corrected chi connectivity index (χ2v) is 9.81. The molecule has 2 aromatic carbocycles. The van der Waals surface area contributed by atoms with E-state index in [9.17, 15) is 17.6 Å². The highest BCUT2D eigenvalue weighted by atomic mass is 32.2. The first kappa shape index (κ1) is 21.5. The monoisotopic (exact) mass is 443 g/mol. The van der Waals surface area contributed by atoms with E-state index in [4.69, 9.17) is 0 Å².